The van der Waals surface area contributed by atoms with E-state index in [-0.39, 0.29) is 5.54 Å². The summed E-state index contributed by atoms with van der Waals surface area (Å²) >= 11 is 0. The molecule has 70 valence electrons. The molecule has 0 aromatic carbocycles. The number of fused-ring (bicyclic) bond motifs is 2. The molecule has 2 aliphatic rings. The highest BCUT2D eigenvalue weighted by Crippen LogP contribution is 2.42. The number of hydrogen-bond acceptors (Lipinski definition) is 2. The van der Waals surface area contributed by atoms with Crippen LogP contribution in [0.1, 0.15) is 40.0 Å². The van der Waals surface area contributed by atoms with Crippen molar-refractivity contribution < 1.29 is 0 Å². The normalized spacial score (nSPS) is 42.5. The quantitative estimate of drug-likeness (QED) is 0.591. The van der Waals surface area contributed by atoms with Gasteiger partial charge < -0.3 is 5.73 Å². The molecular weight excluding hydrogens is 148 g/mol. The van der Waals surface area contributed by atoms with Crippen molar-refractivity contribution in [2.24, 2.45) is 5.73 Å². The molecule has 2 bridgehead atoms. The molecular formula is C10H20N2. The van der Waals surface area contributed by atoms with Crippen LogP contribution < -0.4 is 5.73 Å². The van der Waals surface area contributed by atoms with Gasteiger partial charge in [0, 0.05) is 23.7 Å². The van der Waals surface area contributed by atoms with Gasteiger partial charge in [-0.25, -0.2) is 0 Å². The second kappa shape index (κ2) is 2.24. The van der Waals surface area contributed by atoms with Crippen LogP contribution in [-0.2, 0) is 0 Å². The molecule has 1 saturated heterocycles. The Hall–Kier alpha value is -0.0800. The van der Waals surface area contributed by atoms with Crippen molar-refractivity contribution >= 4 is 0 Å². The smallest absolute Gasteiger partial charge is 0.0299 e. The molecule has 2 N–H and O–H groups in total. The van der Waals surface area contributed by atoms with Crippen molar-refractivity contribution in [1.29, 1.82) is 0 Å². The first-order valence-electron chi connectivity index (χ1n) is 4.96. The summed E-state index contributed by atoms with van der Waals surface area (Å²) < 4.78 is 0. The van der Waals surface area contributed by atoms with E-state index in [2.05, 4.69) is 25.7 Å². The first-order chi connectivity index (χ1) is 5.41. The van der Waals surface area contributed by atoms with Gasteiger partial charge in [-0.15, -0.1) is 0 Å². The fourth-order valence-electron chi connectivity index (χ4n) is 2.79. The zero-order valence-electron chi connectivity index (χ0n) is 8.43. The molecule has 2 heteroatoms. The molecule has 0 aromatic rings. The Morgan fingerprint density at radius 2 is 2.08 bits per heavy atom. The van der Waals surface area contributed by atoms with Crippen LogP contribution >= 0.6 is 0 Å². The predicted octanol–water partition coefficient (Wildman–Crippen LogP) is 1.35. The monoisotopic (exact) mass is 168 g/mol. The fourth-order valence-corrected chi connectivity index (χ4v) is 2.79. The van der Waals surface area contributed by atoms with Crippen molar-refractivity contribution in [2.45, 2.75) is 57.2 Å². The minimum absolute atomic E-state index is 0.165. The highest BCUT2D eigenvalue weighted by molar-refractivity contribution is 5.08. The highest BCUT2D eigenvalue weighted by atomic mass is 15.3. The van der Waals surface area contributed by atoms with E-state index in [1.165, 1.54) is 19.3 Å². The van der Waals surface area contributed by atoms with E-state index in [9.17, 15) is 0 Å². The molecule has 2 rings (SSSR count). The third kappa shape index (κ3) is 1.17. The van der Waals surface area contributed by atoms with Crippen LogP contribution in [0.15, 0.2) is 0 Å². The van der Waals surface area contributed by atoms with Crippen LogP contribution in [0.4, 0.5) is 0 Å². The summed E-state index contributed by atoms with van der Waals surface area (Å²) in [5.41, 5.74) is 6.72. The molecule has 2 atom stereocenters. The molecule has 0 amide bonds. The number of piperidine rings is 1. The van der Waals surface area contributed by atoms with Crippen molar-refractivity contribution in [3.05, 3.63) is 0 Å². The number of nitrogens with zero attached hydrogens (tertiary/aromatic N) is 1. The molecule has 0 aromatic heterocycles. The minimum Gasteiger partial charge on any atom is -0.324 e. The molecule has 2 nitrogen and oxygen atoms in total. The van der Waals surface area contributed by atoms with Crippen LogP contribution in [0.3, 0.4) is 0 Å². The van der Waals surface area contributed by atoms with Crippen LogP contribution in [0.2, 0.25) is 0 Å². The maximum absolute atomic E-state index is 6.25. The van der Waals surface area contributed by atoms with Crippen LogP contribution in [0.25, 0.3) is 0 Å². The maximum Gasteiger partial charge on any atom is 0.0299 e. The number of nitrogens with two attached hydrogens (primary N) is 1. The van der Waals surface area contributed by atoms with Crippen molar-refractivity contribution in [2.75, 3.05) is 6.54 Å². The highest BCUT2D eigenvalue weighted by Gasteiger charge is 2.49. The lowest BCUT2D eigenvalue weighted by Crippen LogP contribution is -2.51. The van der Waals surface area contributed by atoms with Gasteiger partial charge >= 0.3 is 0 Å². The average Bonchev–Trinajstić information content (AvgIpc) is 2.39. The topological polar surface area (TPSA) is 29.3 Å². The van der Waals surface area contributed by atoms with E-state index in [0.717, 1.165) is 12.6 Å². The van der Waals surface area contributed by atoms with E-state index < -0.39 is 0 Å². The molecule has 12 heavy (non-hydrogen) atoms. The Kier molecular flexibility index (Phi) is 1.59. The van der Waals surface area contributed by atoms with Crippen molar-refractivity contribution in [1.82, 2.24) is 4.90 Å². The van der Waals surface area contributed by atoms with Gasteiger partial charge in [-0.2, -0.15) is 0 Å². The van der Waals surface area contributed by atoms with Crippen LogP contribution in [0.5, 0.6) is 0 Å². The van der Waals surface area contributed by atoms with Crippen LogP contribution in [0, 0.1) is 0 Å². The van der Waals surface area contributed by atoms with E-state index in [1.807, 2.05) is 0 Å². The fraction of sp³-hybridized carbons (Fsp3) is 1.00. The lowest BCUT2D eigenvalue weighted by Gasteiger charge is -2.40. The molecule has 2 unspecified atom stereocenters. The Balaban J connectivity index is 2.15. The summed E-state index contributed by atoms with van der Waals surface area (Å²) in [5, 5.41) is 0. The van der Waals surface area contributed by atoms with Crippen molar-refractivity contribution in [3.8, 4) is 0 Å². The van der Waals surface area contributed by atoms with Gasteiger partial charge in [0.1, 0.15) is 0 Å². The van der Waals surface area contributed by atoms with Gasteiger partial charge in [0.15, 0.2) is 0 Å². The molecule has 1 aliphatic heterocycles. The van der Waals surface area contributed by atoms with E-state index in [0.29, 0.717) is 5.54 Å². The lowest BCUT2D eigenvalue weighted by atomic mass is 9.97. The molecule has 1 saturated carbocycles. The second-order valence-electron chi connectivity index (χ2n) is 5.56. The average molecular weight is 168 g/mol. The number of hydrogen-bond donors (Lipinski definition) is 1. The van der Waals surface area contributed by atoms with Gasteiger partial charge in [0.25, 0.3) is 0 Å². The predicted molar refractivity (Wildman–Crippen MR) is 51.0 cm³/mol. The summed E-state index contributed by atoms with van der Waals surface area (Å²) in [5.74, 6) is 0. The van der Waals surface area contributed by atoms with Gasteiger partial charge in [-0.1, -0.05) is 0 Å². The van der Waals surface area contributed by atoms with Gasteiger partial charge in [0.05, 0.1) is 0 Å². The summed E-state index contributed by atoms with van der Waals surface area (Å²) in [6.07, 6.45) is 3.78. The van der Waals surface area contributed by atoms with E-state index >= 15 is 0 Å². The molecule has 0 radical (unpaired) electrons. The van der Waals surface area contributed by atoms with E-state index in [4.69, 9.17) is 5.73 Å². The number of likely N-dealkylation sites (tertiary alicyclic amines) is 1. The Bertz CT molecular complexity index is 195. The van der Waals surface area contributed by atoms with Gasteiger partial charge in [0.2, 0.25) is 0 Å². The minimum atomic E-state index is 0.165. The molecule has 0 spiro atoms. The van der Waals surface area contributed by atoms with Crippen LogP contribution in [-0.4, -0.2) is 28.6 Å². The first kappa shape index (κ1) is 8.52. The Morgan fingerprint density at radius 1 is 1.42 bits per heavy atom. The molecule has 1 heterocycles. The molecule has 2 fully saturated rings. The summed E-state index contributed by atoms with van der Waals surface area (Å²) in [6, 6.07) is 0.773. The Labute approximate surface area is 75.1 Å². The van der Waals surface area contributed by atoms with Crippen molar-refractivity contribution in [3.63, 3.8) is 0 Å². The largest absolute Gasteiger partial charge is 0.324 e. The van der Waals surface area contributed by atoms with Gasteiger partial charge in [-0.3, -0.25) is 4.90 Å². The molecule has 1 aliphatic carbocycles. The van der Waals surface area contributed by atoms with Gasteiger partial charge in [-0.05, 0) is 40.0 Å². The Morgan fingerprint density at radius 3 is 2.33 bits per heavy atom. The number of rotatable bonds is 0. The summed E-state index contributed by atoms with van der Waals surface area (Å²) in [4.78, 5) is 2.58. The summed E-state index contributed by atoms with van der Waals surface area (Å²) in [6.45, 7) is 7.98. The summed E-state index contributed by atoms with van der Waals surface area (Å²) in [7, 11) is 0. The second-order valence-corrected chi connectivity index (χ2v) is 5.56. The first-order valence-corrected chi connectivity index (χ1v) is 4.96. The SMILES string of the molecule is CC(C)(C)N1CC2(N)CCC1C2. The standard InChI is InChI=1S/C10H20N2/c1-9(2,3)12-7-10(11)5-4-8(12)6-10/h8H,4-7,11H2,1-3H3. The zero-order chi connectivity index (χ0) is 8.98. The van der Waals surface area contributed by atoms with E-state index in [1.54, 1.807) is 0 Å². The maximum atomic E-state index is 6.25. The third-order valence-electron chi connectivity index (χ3n) is 3.41. The third-order valence-corrected chi connectivity index (χ3v) is 3.41. The lowest BCUT2D eigenvalue weighted by molar-refractivity contribution is 0.0926. The zero-order valence-corrected chi connectivity index (χ0v) is 8.43.